The Morgan fingerprint density at radius 2 is 1.71 bits per heavy atom. The number of allylic oxidation sites excluding steroid dienone is 7. The number of carbonyl (C=O) groups excluding carboxylic acids is 1. The van der Waals surface area contributed by atoms with E-state index in [1.807, 2.05) is 54.6 Å². The van der Waals surface area contributed by atoms with Crippen molar-refractivity contribution in [1.82, 2.24) is 0 Å². The summed E-state index contributed by atoms with van der Waals surface area (Å²) in [5.74, 6) is -0.228. The zero-order valence-electron chi connectivity index (χ0n) is 17.0. The molecule has 0 spiro atoms. The van der Waals surface area contributed by atoms with Crippen molar-refractivity contribution in [2.24, 2.45) is 0 Å². The van der Waals surface area contributed by atoms with Crippen LogP contribution in [-0.4, -0.2) is 12.5 Å². The van der Waals surface area contributed by atoms with Gasteiger partial charge in [0.1, 0.15) is 17.4 Å². The van der Waals surface area contributed by atoms with Gasteiger partial charge in [-0.05, 0) is 36.8 Å². The van der Waals surface area contributed by atoms with Crippen LogP contribution in [0.25, 0.3) is 5.57 Å². The van der Waals surface area contributed by atoms with Crippen LogP contribution in [0.2, 0.25) is 0 Å². The number of para-hydroxylation sites is 1. The highest BCUT2D eigenvalue weighted by molar-refractivity contribution is 8.03. The van der Waals surface area contributed by atoms with Crippen LogP contribution >= 0.6 is 11.8 Å². The molecule has 0 bridgehead atoms. The summed E-state index contributed by atoms with van der Waals surface area (Å²) in [4.78, 5) is 15.6. The first kappa shape index (κ1) is 20.5. The number of esters is 1. The Balaban J connectivity index is 1.49. The molecule has 2 aliphatic heterocycles. The molecule has 4 nitrogen and oxygen atoms in total. The number of hydrogen-bond donors (Lipinski definition) is 0. The highest BCUT2D eigenvalue weighted by Gasteiger charge is 2.30. The molecule has 0 unspecified atom stereocenters. The molecular weight excluding hydrogens is 404 g/mol. The smallest absolute Gasteiger partial charge is 0.355 e. The van der Waals surface area contributed by atoms with E-state index < -0.39 is 5.97 Å². The van der Waals surface area contributed by atoms with Crippen molar-refractivity contribution in [1.29, 1.82) is 5.26 Å². The lowest BCUT2D eigenvalue weighted by molar-refractivity contribution is -0.132. The molecule has 0 saturated carbocycles. The predicted molar refractivity (Wildman–Crippen MR) is 125 cm³/mol. The molecule has 0 amide bonds. The molecule has 0 aromatic heterocycles. The van der Waals surface area contributed by atoms with Gasteiger partial charge in [-0.3, -0.25) is 0 Å². The van der Waals surface area contributed by atoms with E-state index in [1.165, 1.54) is 15.6 Å². The fourth-order valence-corrected chi connectivity index (χ4v) is 4.59. The van der Waals surface area contributed by atoms with Gasteiger partial charge in [0.2, 0.25) is 0 Å². The van der Waals surface area contributed by atoms with E-state index in [2.05, 4.69) is 42.2 Å². The molecular formula is C26H20N2O2S. The standard InChI is InChI=1S/C26H20N2O2S/c1-2-28-21-14-10-11-16-23(21)31-24(28)17-9-4-3-8-15-22-25(19-12-6-5-7-13-19)20(18-27)26(29)30-22/h3-17H,2H2,1H3. The van der Waals surface area contributed by atoms with Gasteiger partial charge >= 0.3 is 5.97 Å². The Kier molecular flexibility index (Phi) is 6.21. The zero-order valence-corrected chi connectivity index (χ0v) is 17.8. The van der Waals surface area contributed by atoms with Crippen LogP contribution in [0.5, 0.6) is 0 Å². The number of nitriles is 1. The number of ether oxygens (including phenoxy) is 1. The van der Waals surface area contributed by atoms with Crippen molar-refractivity contribution in [2.45, 2.75) is 11.8 Å². The van der Waals surface area contributed by atoms with Gasteiger partial charge < -0.3 is 9.64 Å². The first-order valence-electron chi connectivity index (χ1n) is 9.95. The Morgan fingerprint density at radius 3 is 2.45 bits per heavy atom. The number of thioether (sulfide) groups is 1. The third-order valence-corrected chi connectivity index (χ3v) is 5.98. The molecule has 5 heteroatoms. The van der Waals surface area contributed by atoms with Gasteiger partial charge in [0.15, 0.2) is 0 Å². The summed E-state index contributed by atoms with van der Waals surface area (Å²) in [5, 5.41) is 10.5. The van der Waals surface area contributed by atoms with E-state index in [0.29, 0.717) is 11.3 Å². The van der Waals surface area contributed by atoms with Crippen molar-refractivity contribution in [3.63, 3.8) is 0 Å². The van der Waals surface area contributed by atoms with E-state index >= 15 is 0 Å². The van der Waals surface area contributed by atoms with Gasteiger partial charge in [-0.2, -0.15) is 5.26 Å². The van der Waals surface area contributed by atoms with E-state index in [9.17, 15) is 10.1 Å². The number of anilines is 1. The van der Waals surface area contributed by atoms with Gasteiger partial charge in [-0.1, -0.05) is 78.5 Å². The summed E-state index contributed by atoms with van der Waals surface area (Å²) >= 11 is 1.76. The normalized spacial score (nSPS) is 18.5. The number of carbonyl (C=O) groups is 1. The lowest BCUT2D eigenvalue weighted by atomic mass is 10.0. The topological polar surface area (TPSA) is 53.3 Å². The molecule has 2 aromatic carbocycles. The molecule has 31 heavy (non-hydrogen) atoms. The largest absolute Gasteiger partial charge is 0.422 e. The van der Waals surface area contributed by atoms with Gasteiger partial charge in [0.25, 0.3) is 0 Å². The van der Waals surface area contributed by atoms with Gasteiger partial charge in [0.05, 0.1) is 10.7 Å². The molecule has 0 radical (unpaired) electrons. The molecule has 2 aliphatic rings. The average molecular weight is 425 g/mol. The average Bonchev–Trinajstić information content (AvgIpc) is 3.32. The fraction of sp³-hybridized carbons (Fsp3) is 0.0769. The Labute approximate surface area is 186 Å². The maximum atomic E-state index is 12.0. The number of cyclic esters (lactones) is 1. The summed E-state index contributed by atoms with van der Waals surface area (Å²) in [6.45, 7) is 3.05. The summed E-state index contributed by atoms with van der Waals surface area (Å²) in [6.07, 6.45) is 11.4. The van der Waals surface area contributed by atoms with Gasteiger partial charge in [-0.15, -0.1) is 0 Å². The lowest BCUT2D eigenvalue weighted by Crippen LogP contribution is -2.16. The molecule has 0 N–H and O–H groups in total. The van der Waals surface area contributed by atoms with Crippen LogP contribution < -0.4 is 4.90 Å². The van der Waals surface area contributed by atoms with Crippen LogP contribution in [0.1, 0.15) is 12.5 Å². The van der Waals surface area contributed by atoms with Gasteiger partial charge in [0, 0.05) is 17.0 Å². The van der Waals surface area contributed by atoms with Crippen LogP contribution in [-0.2, 0) is 9.53 Å². The minimum absolute atomic E-state index is 0.0311. The van der Waals surface area contributed by atoms with Crippen molar-refractivity contribution < 1.29 is 9.53 Å². The SMILES string of the molecule is CCN1C(=CC=CC=CC=C2OC(=O)C(C#N)=C2c2ccccc2)Sc2ccccc21. The predicted octanol–water partition coefficient (Wildman–Crippen LogP) is 5.99. The van der Waals surface area contributed by atoms with E-state index in [1.54, 1.807) is 23.9 Å². The van der Waals surface area contributed by atoms with Crippen LogP contribution in [0, 0.1) is 11.3 Å². The number of benzene rings is 2. The third-order valence-electron chi connectivity index (χ3n) is 4.85. The van der Waals surface area contributed by atoms with E-state index in [0.717, 1.165) is 12.1 Å². The second kappa shape index (κ2) is 9.38. The minimum Gasteiger partial charge on any atom is -0.422 e. The quantitative estimate of drug-likeness (QED) is 0.436. The maximum absolute atomic E-state index is 12.0. The second-order valence-corrected chi connectivity index (χ2v) is 7.80. The summed E-state index contributed by atoms with van der Waals surface area (Å²) in [5.41, 5.74) is 2.58. The Hall–Kier alpha value is -3.75. The summed E-state index contributed by atoms with van der Waals surface area (Å²) in [6, 6.07) is 19.7. The number of hydrogen-bond acceptors (Lipinski definition) is 5. The molecule has 2 aromatic rings. The van der Waals surface area contributed by atoms with Crippen LogP contribution in [0.3, 0.4) is 0 Å². The maximum Gasteiger partial charge on any atom is 0.355 e. The molecule has 4 rings (SSSR count). The third kappa shape index (κ3) is 4.25. The van der Waals surface area contributed by atoms with Crippen molar-refractivity contribution in [3.05, 3.63) is 113 Å². The molecule has 2 heterocycles. The van der Waals surface area contributed by atoms with E-state index in [4.69, 9.17) is 4.74 Å². The first-order chi connectivity index (χ1) is 15.2. The van der Waals surface area contributed by atoms with Crippen molar-refractivity contribution >= 4 is 29.0 Å². The van der Waals surface area contributed by atoms with Crippen molar-refractivity contribution in [3.8, 4) is 6.07 Å². The van der Waals surface area contributed by atoms with E-state index in [-0.39, 0.29) is 5.57 Å². The zero-order chi connectivity index (χ0) is 21.6. The Bertz CT molecular complexity index is 1200. The monoisotopic (exact) mass is 424 g/mol. The highest BCUT2D eigenvalue weighted by Crippen LogP contribution is 2.45. The Morgan fingerprint density at radius 1 is 1.00 bits per heavy atom. The fourth-order valence-electron chi connectivity index (χ4n) is 3.45. The molecule has 0 atom stereocenters. The summed E-state index contributed by atoms with van der Waals surface area (Å²) < 4.78 is 5.31. The van der Waals surface area contributed by atoms with Crippen LogP contribution in [0.4, 0.5) is 5.69 Å². The molecule has 152 valence electrons. The molecule has 0 saturated heterocycles. The number of nitrogens with zero attached hydrogens (tertiary/aromatic N) is 2. The number of rotatable bonds is 5. The molecule has 0 fully saturated rings. The first-order valence-corrected chi connectivity index (χ1v) is 10.8. The second-order valence-electron chi connectivity index (χ2n) is 6.74. The lowest BCUT2D eigenvalue weighted by Gasteiger charge is -2.17. The molecule has 0 aliphatic carbocycles. The van der Waals surface area contributed by atoms with Crippen molar-refractivity contribution in [2.75, 3.05) is 11.4 Å². The minimum atomic E-state index is -0.612. The highest BCUT2D eigenvalue weighted by atomic mass is 32.2. The van der Waals surface area contributed by atoms with Crippen LogP contribution in [0.15, 0.2) is 112 Å². The summed E-state index contributed by atoms with van der Waals surface area (Å²) in [7, 11) is 0. The number of fused-ring (bicyclic) bond motifs is 1. The van der Waals surface area contributed by atoms with Gasteiger partial charge in [-0.25, -0.2) is 4.79 Å².